The highest BCUT2D eigenvalue weighted by Crippen LogP contribution is 2.59. The van der Waals surface area contributed by atoms with Crippen molar-refractivity contribution in [3.63, 3.8) is 0 Å². The minimum Gasteiger partial charge on any atom is -0.507 e. The SMILES string of the molecule is C[C@]12CC[C@](C)(CC(N(c3ncc(-c4ccc(-c5ncc(C#N)s5)cc4O)nn3)C3CC3)C1)C2. The van der Waals surface area contributed by atoms with Crippen molar-refractivity contribution >= 4 is 17.3 Å². The van der Waals surface area contributed by atoms with Crippen molar-refractivity contribution in [2.45, 2.75) is 70.9 Å². The largest absolute Gasteiger partial charge is 0.507 e. The van der Waals surface area contributed by atoms with Gasteiger partial charge in [-0.15, -0.1) is 21.5 Å². The van der Waals surface area contributed by atoms with Gasteiger partial charge in [0.15, 0.2) is 0 Å². The number of fused-ring (bicyclic) bond motifs is 2. The molecule has 1 unspecified atom stereocenters. The minimum atomic E-state index is 0.0961. The third-order valence-corrected chi connectivity index (χ3v) is 8.84. The Labute approximate surface area is 203 Å². The summed E-state index contributed by atoms with van der Waals surface area (Å²) in [6, 6.07) is 8.42. The molecule has 0 saturated heterocycles. The van der Waals surface area contributed by atoms with Gasteiger partial charge in [0, 0.05) is 23.2 Å². The Kier molecular flexibility index (Phi) is 4.89. The molecular formula is C26H28N6OS. The summed E-state index contributed by atoms with van der Waals surface area (Å²) in [4.78, 5) is 12.0. The van der Waals surface area contributed by atoms with Crippen molar-refractivity contribution in [1.29, 1.82) is 5.26 Å². The van der Waals surface area contributed by atoms with Crippen LogP contribution < -0.4 is 4.90 Å². The first kappa shape index (κ1) is 21.5. The fraction of sp³-hybridized carbons (Fsp3) is 0.500. The van der Waals surface area contributed by atoms with Gasteiger partial charge in [0.05, 0.1) is 12.4 Å². The normalized spacial score (nSPS) is 28.0. The molecule has 7 nitrogen and oxygen atoms in total. The van der Waals surface area contributed by atoms with Gasteiger partial charge in [-0.25, -0.2) is 9.97 Å². The maximum absolute atomic E-state index is 10.7. The van der Waals surface area contributed by atoms with Crippen LogP contribution in [-0.2, 0) is 0 Å². The Morgan fingerprint density at radius 3 is 2.41 bits per heavy atom. The summed E-state index contributed by atoms with van der Waals surface area (Å²) in [6.07, 6.45) is 12.1. The van der Waals surface area contributed by atoms with E-state index in [1.165, 1.54) is 56.3 Å². The lowest BCUT2D eigenvalue weighted by atomic mass is 9.68. The highest BCUT2D eigenvalue weighted by Gasteiger charge is 2.52. The number of rotatable bonds is 5. The lowest BCUT2D eigenvalue weighted by Gasteiger charge is -2.45. The fourth-order valence-corrected chi connectivity index (χ4v) is 7.10. The van der Waals surface area contributed by atoms with E-state index in [2.05, 4.69) is 40.0 Å². The van der Waals surface area contributed by atoms with Gasteiger partial charge in [-0.1, -0.05) is 19.9 Å². The molecule has 174 valence electrons. The van der Waals surface area contributed by atoms with Gasteiger partial charge in [-0.2, -0.15) is 5.26 Å². The first-order valence-corrected chi connectivity index (χ1v) is 12.8. The molecule has 34 heavy (non-hydrogen) atoms. The first-order valence-electron chi connectivity index (χ1n) is 12.0. The molecule has 2 aromatic heterocycles. The van der Waals surface area contributed by atoms with E-state index < -0.39 is 0 Å². The van der Waals surface area contributed by atoms with Crippen LogP contribution in [0.4, 0.5) is 5.95 Å². The molecule has 3 fully saturated rings. The number of phenols is 1. The molecule has 0 spiro atoms. The minimum absolute atomic E-state index is 0.0961. The molecular weight excluding hydrogens is 444 g/mol. The summed E-state index contributed by atoms with van der Waals surface area (Å²) in [5, 5.41) is 29.4. The van der Waals surface area contributed by atoms with E-state index in [1.54, 1.807) is 18.5 Å². The second kappa shape index (κ2) is 7.74. The Balaban J connectivity index is 1.26. The quantitative estimate of drug-likeness (QED) is 0.518. The molecule has 1 N–H and O–H groups in total. The van der Waals surface area contributed by atoms with Crippen molar-refractivity contribution in [3.05, 3.63) is 35.5 Å². The Morgan fingerprint density at radius 1 is 1.06 bits per heavy atom. The number of benzene rings is 1. The smallest absolute Gasteiger partial charge is 0.245 e. The predicted molar refractivity (Wildman–Crippen MR) is 131 cm³/mol. The topological polar surface area (TPSA) is 98.8 Å². The van der Waals surface area contributed by atoms with Crippen molar-refractivity contribution < 1.29 is 5.11 Å². The van der Waals surface area contributed by atoms with E-state index >= 15 is 0 Å². The first-order chi connectivity index (χ1) is 16.3. The van der Waals surface area contributed by atoms with Crippen LogP contribution in [0.15, 0.2) is 30.6 Å². The third-order valence-electron chi connectivity index (χ3n) is 7.89. The summed E-state index contributed by atoms with van der Waals surface area (Å²) in [7, 11) is 0. The van der Waals surface area contributed by atoms with Crippen LogP contribution in [0.2, 0.25) is 0 Å². The molecule has 3 atom stereocenters. The monoisotopic (exact) mass is 472 g/mol. The number of aromatic hydroxyl groups is 1. The van der Waals surface area contributed by atoms with Crippen LogP contribution in [0.3, 0.4) is 0 Å². The zero-order valence-corrected chi connectivity index (χ0v) is 20.3. The number of thiazole rings is 1. The predicted octanol–water partition coefficient (Wildman–Crippen LogP) is 5.57. The summed E-state index contributed by atoms with van der Waals surface area (Å²) in [5.74, 6) is 0.812. The van der Waals surface area contributed by atoms with Crippen molar-refractivity contribution in [1.82, 2.24) is 20.2 Å². The average molecular weight is 473 g/mol. The number of phenolic OH excluding ortho intramolecular Hbond substituents is 1. The zero-order valence-electron chi connectivity index (χ0n) is 19.5. The van der Waals surface area contributed by atoms with Crippen LogP contribution in [-0.4, -0.2) is 37.4 Å². The van der Waals surface area contributed by atoms with E-state index in [0.717, 1.165) is 5.56 Å². The summed E-state index contributed by atoms with van der Waals surface area (Å²) < 4.78 is 0. The second-order valence-electron chi connectivity index (χ2n) is 11.0. The van der Waals surface area contributed by atoms with Gasteiger partial charge < -0.3 is 10.0 Å². The lowest BCUT2D eigenvalue weighted by Crippen LogP contribution is -2.46. The van der Waals surface area contributed by atoms with E-state index in [-0.39, 0.29) is 5.75 Å². The van der Waals surface area contributed by atoms with Crippen LogP contribution in [0.1, 0.15) is 63.7 Å². The lowest BCUT2D eigenvalue weighted by molar-refractivity contribution is 0.144. The Morgan fingerprint density at radius 2 is 1.82 bits per heavy atom. The number of aromatic nitrogens is 4. The molecule has 0 amide bonds. The standard InChI is InChI=1S/C26H28N6OS/c1-25-7-8-26(2,15-25)11-18(10-25)32(17-4-5-17)24-29-14-21(30-31-24)20-6-3-16(9-22(20)33)23-28-13-19(12-27)34-23/h3,6,9,13-14,17-18,33H,4-5,7-8,10-11,15H2,1-2H3/t18?,25-,26+. The van der Waals surface area contributed by atoms with Crippen LogP contribution in [0.5, 0.6) is 5.75 Å². The number of hydrogen-bond acceptors (Lipinski definition) is 8. The fourth-order valence-electron chi connectivity index (χ4n) is 6.39. The molecule has 6 rings (SSSR count). The number of nitrogens with zero attached hydrogens (tertiary/aromatic N) is 6. The molecule has 3 aromatic rings. The highest BCUT2D eigenvalue weighted by atomic mass is 32.1. The summed E-state index contributed by atoms with van der Waals surface area (Å²) in [5.41, 5.74) is 2.75. The van der Waals surface area contributed by atoms with Crippen molar-refractivity contribution in [2.24, 2.45) is 10.8 Å². The molecule has 8 heteroatoms. The number of hydrogen-bond donors (Lipinski definition) is 1. The van der Waals surface area contributed by atoms with Gasteiger partial charge in [0.2, 0.25) is 5.95 Å². The molecule has 1 aromatic carbocycles. The maximum Gasteiger partial charge on any atom is 0.245 e. The van der Waals surface area contributed by atoms with Crippen LogP contribution in [0, 0.1) is 22.2 Å². The number of nitriles is 1. The zero-order chi connectivity index (χ0) is 23.5. The molecule has 0 radical (unpaired) electrons. The Hall–Kier alpha value is -3.05. The molecule has 3 aliphatic rings. The van der Waals surface area contributed by atoms with E-state index in [0.29, 0.717) is 50.0 Å². The van der Waals surface area contributed by atoms with E-state index in [1.807, 2.05) is 12.1 Å². The maximum atomic E-state index is 10.7. The van der Waals surface area contributed by atoms with Crippen LogP contribution in [0.25, 0.3) is 21.8 Å². The van der Waals surface area contributed by atoms with Crippen LogP contribution >= 0.6 is 11.3 Å². The molecule has 0 aliphatic heterocycles. The van der Waals surface area contributed by atoms with Gasteiger partial charge in [0.1, 0.15) is 27.4 Å². The average Bonchev–Trinajstić information content (AvgIpc) is 3.46. The van der Waals surface area contributed by atoms with E-state index in [4.69, 9.17) is 10.2 Å². The molecule has 3 aliphatic carbocycles. The van der Waals surface area contributed by atoms with Crippen molar-refractivity contribution in [3.8, 4) is 33.6 Å². The second-order valence-corrected chi connectivity index (χ2v) is 12.0. The summed E-state index contributed by atoms with van der Waals surface area (Å²) in [6.45, 7) is 4.91. The molecule has 2 heterocycles. The summed E-state index contributed by atoms with van der Waals surface area (Å²) >= 11 is 1.30. The molecule has 2 bridgehead atoms. The Bertz CT molecular complexity index is 1260. The van der Waals surface area contributed by atoms with Gasteiger partial charge in [-0.3, -0.25) is 0 Å². The third kappa shape index (κ3) is 3.82. The van der Waals surface area contributed by atoms with Gasteiger partial charge in [0.25, 0.3) is 0 Å². The van der Waals surface area contributed by atoms with Gasteiger partial charge in [-0.05, 0) is 67.9 Å². The van der Waals surface area contributed by atoms with Crippen molar-refractivity contribution in [2.75, 3.05) is 4.90 Å². The highest BCUT2D eigenvalue weighted by molar-refractivity contribution is 7.15. The van der Waals surface area contributed by atoms with E-state index in [9.17, 15) is 5.11 Å². The van der Waals surface area contributed by atoms with Gasteiger partial charge >= 0.3 is 0 Å². The number of anilines is 1. The molecule has 3 saturated carbocycles.